The number of hydrogen-bond acceptors (Lipinski definition) is 2. The molecular weight excluding hydrogens is 340 g/mol. The lowest BCUT2D eigenvalue weighted by Crippen LogP contribution is -2.44. The second-order valence-electron chi connectivity index (χ2n) is 9.94. The molecule has 0 bridgehead atoms. The quantitative estimate of drug-likeness (QED) is 0.430. The van der Waals surface area contributed by atoms with E-state index in [1.165, 1.54) is 77.0 Å². The van der Waals surface area contributed by atoms with Crippen molar-refractivity contribution in [2.45, 2.75) is 132 Å². The van der Waals surface area contributed by atoms with Gasteiger partial charge in [0, 0.05) is 0 Å². The van der Waals surface area contributed by atoms with Crippen molar-refractivity contribution in [2.75, 3.05) is 0 Å². The molecule has 0 unspecified atom stereocenters. The average Bonchev–Trinajstić information content (AvgIpc) is 2.63. The van der Waals surface area contributed by atoms with Crippen molar-refractivity contribution in [2.24, 2.45) is 5.92 Å². The molecule has 3 aliphatic rings. The Balaban J connectivity index is 1.60. The summed E-state index contributed by atoms with van der Waals surface area (Å²) in [7, 11) is 0.617. The smallest absolute Gasteiger partial charge is 0.309 e. The molecule has 0 aromatic carbocycles. The lowest BCUT2D eigenvalue weighted by Gasteiger charge is -2.37. The average molecular weight is 382 g/mol. The van der Waals surface area contributed by atoms with E-state index in [1.54, 1.807) is 0 Å². The maximum Gasteiger partial charge on any atom is 0.309 e. The van der Waals surface area contributed by atoms with Crippen molar-refractivity contribution in [1.29, 1.82) is 0 Å². The highest BCUT2D eigenvalue weighted by atomic mass is 32.2. The standard InChI is InChI=1S/C23H41O2S/c1-23(2,3)25-22(24)18-14-16-21(17-15-18)26(19-10-6-4-7-11-19)20-12-8-5-9-13-20/h18-21H,4-17H2,1-3H3/q+1. The van der Waals surface area contributed by atoms with Gasteiger partial charge in [-0.3, -0.25) is 4.79 Å². The number of carbonyl (C=O) groups excluding carboxylic acids is 1. The number of esters is 1. The summed E-state index contributed by atoms with van der Waals surface area (Å²) in [4.78, 5) is 12.5. The van der Waals surface area contributed by atoms with Crippen molar-refractivity contribution in [1.82, 2.24) is 0 Å². The Bertz CT molecular complexity index is 418. The van der Waals surface area contributed by atoms with Crippen LogP contribution in [0.5, 0.6) is 0 Å². The Kier molecular flexibility index (Phi) is 7.39. The zero-order chi connectivity index (χ0) is 18.6. The fourth-order valence-electron chi connectivity index (χ4n) is 5.45. The highest BCUT2D eigenvalue weighted by Gasteiger charge is 2.47. The number of ether oxygens (including phenoxy) is 1. The van der Waals surface area contributed by atoms with E-state index in [0.717, 1.165) is 28.6 Å². The van der Waals surface area contributed by atoms with E-state index >= 15 is 0 Å². The molecule has 0 heterocycles. The van der Waals surface area contributed by atoms with E-state index < -0.39 is 0 Å². The van der Waals surface area contributed by atoms with Crippen LogP contribution in [0.4, 0.5) is 0 Å². The molecule has 2 nitrogen and oxygen atoms in total. The van der Waals surface area contributed by atoms with Gasteiger partial charge < -0.3 is 4.74 Å². The Morgan fingerprint density at radius 1 is 0.692 bits per heavy atom. The molecule has 0 saturated heterocycles. The summed E-state index contributed by atoms with van der Waals surface area (Å²) in [5.74, 6) is 0.222. The molecule has 0 N–H and O–H groups in total. The highest BCUT2D eigenvalue weighted by Crippen LogP contribution is 2.41. The molecule has 3 heteroatoms. The summed E-state index contributed by atoms with van der Waals surface area (Å²) < 4.78 is 5.67. The van der Waals surface area contributed by atoms with Crippen LogP contribution >= 0.6 is 0 Å². The molecule has 3 saturated carbocycles. The molecule has 0 amide bonds. The molecule has 0 aromatic heterocycles. The van der Waals surface area contributed by atoms with E-state index in [-0.39, 0.29) is 17.5 Å². The third kappa shape index (κ3) is 5.66. The Morgan fingerprint density at radius 2 is 1.12 bits per heavy atom. The van der Waals surface area contributed by atoms with Crippen LogP contribution in [0.2, 0.25) is 0 Å². The summed E-state index contributed by atoms with van der Waals surface area (Å²) in [6.45, 7) is 5.96. The molecule has 0 aromatic rings. The molecular formula is C23H41O2S+. The monoisotopic (exact) mass is 381 g/mol. The normalized spacial score (nSPS) is 29.7. The lowest BCUT2D eigenvalue weighted by molar-refractivity contribution is -0.161. The van der Waals surface area contributed by atoms with Crippen LogP contribution < -0.4 is 0 Å². The van der Waals surface area contributed by atoms with Gasteiger partial charge in [0.05, 0.1) is 5.92 Å². The minimum absolute atomic E-state index is 0.0613. The zero-order valence-electron chi connectivity index (χ0n) is 17.4. The third-order valence-electron chi connectivity index (χ3n) is 6.67. The molecule has 3 aliphatic carbocycles. The van der Waals surface area contributed by atoms with E-state index in [2.05, 4.69) is 0 Å². The first-order valence-corrected chi connectivity index (χ1v) is 12.8. The number of carbonyl (C=O) groups is 1. The highest BCUT2D eigenvalue weighted by molar-refractivity contribution is 7.98. The Hall–Kier alpha value is -0.180. The van der Waals surface area contributed by atoms with Gasteiger partial charge in [-0.05, 0) is 109 Å². The van der Waals surface area contributed by atoms with Crippen LogP contribution in [0.1, 0.15) is 111 Å². The van der Waals surface area contributed by atoms with Crippen LogP contribution in [0.3, 0.4) is 0 Å². The van der Waals surface area contributed by atoms with Gasteiger partial charge in [0.1, 0.15) is 21.4 Å². The van der Waals surface area contributed by atoms with Gasteiger partial charge in [0.15, 0.2) is 0 Å². The number of rotatable bonds is 4. The van der Waals surface area contributed by atoms with E-state index in [4.69, 9.17) is 4.74 Å². The topological polar surface area (TPSA) is 26.3 Å². The summed E-state index contributed by atoms with van der Waals surface area (Å²) in [6.07, 6.45) is 19.5. The van der Waals surface area contributed by atoms with Gasteiger partial charge in [-0.15, -0.1) is 0 Å². The first-order chi connectivity index (χ1) is 12.4. The predicted molar refractivity (Wildman–Crippen MR) is 113 cm³/mol. The number of hydrogen-bond donors (Lipinski definition) is 0. The van der Waals surface area contributed by atoms with Gasteiger partial charge in [0.2, 0.25) is 0 Å². The van der Waals surface area contributed by atoms with Crippen LogP contribution in [0, 0.1) is 5.92 Å². The van der Waals surface area contributed by atoms with Crippen LogP contribution in [-0.4, -0.2) is 27.3 Å². The lowest BCUT2D eigenvalue weighted by atomic mass is 9.89. The van der Waals surface area contributed by atoms with Gasteiger partial charge >= 0.3 is 5.97 Å². The Labute approximate surface area is 164 Å². The summed E-state index contributed by atoms with van der Waals surface area (Å²) in [5.41, 5.74) is -0.345. The second-order valence-corrected chi connectivity index (χ2v) is 12.8. The molecule has 0 radical (unpaired) electrons. The van der Waals surface area contributed by atoms with E-state index in [1.807, 2.05) is 20.8 Å². The summed E-state index contributed by atoms with van der Waals surface area (Å²) in [5, 5.41) is 2.92. The van der Waals surface area contributed by atoms with Gasteiger partial charge in [-0.25, -0.2) is 0 Å². The fourth-order valence-corrected chi connectivity index (χ4v) is 9.65. The molecule has 0 atom stereocenters. The maximum absolute atomic E-state index is 12.5. The van der Waals surface area contributed by atoms with Crippen molar-refractivity contribution >= 4 is 16.9 Å². The minimum atomic E-state index is -0.345. The van der Waals surface area contributed by atoms with E-state index in [9.17, 15) is 4.79 Å². The SMILES string of the molecule is CC(C)(C)OC(=O)C1CCC([S+](C2CCCCC2)C2CCCCC2)CC1. The van der Waals surface area contributed by atoms with Crippen molar-refractivity contribution in [3.63, 3.8) is 0 Å². The minimum Gasteiger partial charge on any atom is -0.460 e. The van der Waals surface area contributed by atoms with Crippen molar-refractivity contribution in [3.8, 4) is 0 Å². The van der Waals surface area contributed by atoms with Crippen LogP contribution in [0.15, 0.2) is 0 Å². The largest absolute Gasteiger partial charge is 0.460 e. The first-order valence-electron chi connectivity index (χ1n) is 11.4. The zero-order valence-corrected chi connectivity index (χ0v) is 18.3. The molecule has 0 aliphatic heterocycles. The van der Waals surface area contributed by atoms with E-state index in [0.29, 0.717) is 10.9 Å². The molecule has 0 spiro atoms. The van der Waals surface area contributed by atoms with Gasteiger partial charge in [-0.2, -0.15) is 0 Å². The molecule has 3 rings (SSSR count). The first kappa shape index (κ1) is 20.6. The molecule has 26 heavy (non-hydrogen) atoms. The van der Waals surface area contributed by atoms with Crippen LogP contribution in [-0.2, 0) is 20.4 Å². The van der Waals surface area contributed by atoms with Crippen molar-refractivity contribution < 1.29 is 9.53 Å². The second kappa shape index (κ2) is 9.34. The van der Waals surface area contributed by atoms with Crippen LogP contribution in [0.25, 0.3) is 0 Å². The van der Waals surface area contributed by atoms with Gasteiger partial charge in [-0.1, -0.05) is 12.8 Å². The van der Waals surface area contributed by atoms with Crippen molar-refractivity contribution in [3.05, 3.63) is 0 Å². The third-order valence-corrected chi connectivity index (χ3v) is 10.4. The van der Waals surface area contributed by atoms with Gasteiger partial charge in [0.25, 0.3) is 0 Å². The molecule has 3 fully saturated rings. The fraction of sp³-hybridized carbons (Fsp3) is 0.957. The Morgan fingerprint density at radius 3 is 1.54 bits per heavy atom. The maximum atomic E-state index is 12.5. The summed E-state index contributed by atoms with van der Waals surface area (Å²) >= 11 is 0. The predicted octanol–water partition coefficient (Wildman–Crippen LogP) is 6.17. The summed E-state index contributed by atoms with van der Waals surface area (Å²) in [6, 6.07) is 0. The molecule has 150 valence electrons.